The second-order valence-electron chi connectivity index (χ2n) is 2.67. The predicted molar refractivity (Wildman–Crippen MR) is 50.9 cm³/mol. The molecule has 0 fully saturated rings. The lowest BCUT2D eigenvalue weighted by atomic mass is 10.2. The number of nitrogens with zero attached hydrogens (tertiary/aromatic N) is 1. The van der Waals surface area contributed by atoms with Gasteiger partial charge in [0, 0.05) is 14.2 Å². The van der Waals surface area contributed by atoms with Crippen molar-refractivity contribution < 1.29 is 9.47 Å². The number of hydrogen-bond acceptors (Lipinski definition) is 3. The van der Waals surface area contributed by atoms with Gasteiger partial charge in [-0.3, -0.25) is 4.99 Å². The van der Waals surface area contributed by atoms with Gasteiger partial charge in [0.15, 0.2) is 0 Å². The Morgan fingerprint density at radius 1 is 1.33 bits per heavy atom. The van der Waals surface area contributed by atoms with Crippen LogP contribution in [-0.4, -0.2) is 39.2 Å². The minimum absolute atomic E-state index is 0.0674. The summed E-state index contributed by atoms with van der Waals surface area (Å²) >= 11 is 0. The molecule has 0 amide bonds. The normalized spacial score (nSPS) is 16.7. The lowest BCUT2D eigenvalue weighted by Crippen LogP contribution is -2.29. The highest BCUT2D eigenvalue weighted by atomic mass is 16.5. The van der Waals surface area contributed by atoms with Crippen LogP contribution in [0.15, 0.2) is 4.99 Å². The second kappa shape index (κ2) is 7.25. The summed E-state index contributed by atoms with van der Waals surface area (Å²) in [6.45, 7) is 4.72. The molecule has 3 heteroatoms. The molecule has 0 aromatic rings. The Bertz CT molecular complexity index is 126. The van der Waals surface area contributed by atoms with E-state index < -0.39 is 0 Å². The quantitative estimate of drug-likeness (QED) is 0.570. The van der Waals surface area contributed by atoms with Crippen molar-refractivity contribution in [2.24, 2.45) is 4.99 Å². The lowest BCUT2D eigenvalue weighted by molar-refractivity contribution is -0.0204. The predicted octanol–water partition coefficient (Wildman–Crippen LogP) is 1.52. The molecule has 0 heterocycles. The number of methoxy groups -OCH3 is 2. The van der Waals surface area contributed by atoms with Crippen LogP contribution in [-0.2, 0) is 9.47 Å². The van der Waals surface area contributed by atoms with Gasteiger partial charge in [-0.15, -0.1) is 0 Å². The van der Waals surface area contributed by atoms with Gasteiger partial charge in [0.2, 0.25) is 0 Å². The van der Waals surface area contributed by atoms with Gasteiger partial charge in [0.25, 0.3) is 0 Å². The first kappa shape index (κ1) is 11.6. The molecular formula is C9H19NO2. The Hall–Kier alpha value is -0.410. The highest BCUT2D eigenvalue weighted by Gasteiger charge is 2.14. The molecule has 0 aliphatic carbocycles. The maximum Gasteiger partial charge on any atom is 0.102 e. The molecule has 0 N–H and O–H groups in total. The Labute approximate surface area is 74.8 Å². The highest BCUT2D eigenvalue weighted by Crippen LogP contribution is 2.01. The molecule has 0 radical (unpaired) electrons. The van der Waals surface area contributed by atoms with Crippen LogP contribution >= 0.6 is 0 Å². The minimum atomic E-state index is 0.0674. The van der Waals surface area contributed by atoms with Crippen molar-refractivity contribution in [2.75, 3.05) is 20.8 Å². The molecule has 0 bridgehead atoms. The molecule has 72 valence electrons. The summed E-state index contributed by atoms with van der Waals surface area (Å²) in [5.41, 5.74) is 0. The topological polar surface area (TPSA) is 30.8 Å². The Morgan fingerprint density at radius 3 is 2.42 bits per heavy atom. The molecule has 0 saturated carbocycles. The third kappa shape index (κ3) is 4.46. The summed E-state index contributed by atoms with van der Waals surface area (Å²) in [5.74, 6) is 0. The molecule has 2 atom stereocenters. The first-order valence-electron chi connectivity index (χ1n) is 4.30. The van der Waals surface area contributed by atoms with Crippen molar-refractivity contribution in [3.8, 4) is 0 Å². The molecule has 2 unspecified atom stereocenters. The highest BCUT2D eigenvalue weighted by molar-refractivity contribution is 5.56. The third-order valence-corrected chi connectivity index (χ3v) is 1.80. The monoisotopic (exact) mass is 173 g/mol. The third-order valence-electron chi connectivity index (χ3n) is 1.80. The van der Waals surface area contributed by atoms with E-state index in [2.05, 4.69) is 11.9 Å². The van der Waals surface area contributed by atoms with E-state index in [1.165, 1.54) is 0 Å². The molecule has 0 aromatic carbocycles. The molecule has 0 spiro atoms. The van der Waals surface area contributed by atoms with E-state index in [0.717, 1.165) is 6.42 Å². The number of aliphatic imine (C=N–C) groups is 1. The van der Waals surface area contributed by atoms with Gasteiger partial charge in [0.1, 0.15) is 6.10 Å². The Balaban J connectivity index is 3.74. The van der Waals surface area contributed by atoms with Crippen LogP contribution in [0, 0.1) is 0 Å². The summed E-state index contributed by atoms with van der Waals surface area (Å²) in [4.78, 5) is 4.20. The Morgan fingerprint density at radius 2 is 2.00 bits per heavy atom. The number of rotatable bonds is 6. The van der Waals surface area contributed by atoms with Gasteiger partial charge in [-0.2, -0.15) is 0 Å². The molecular weight excluding hydrogens is 154 g/mol. The van der Waals surface area contributed by atoms with Gasteiger partial charge in [-0.1, -0.05) is 6.92 Å². The Kier molecular flexibility index (Phi) is 7.00. The fourth-order valence-electron chi connectivity index (χ4n) is 0.874. The van der Waals surface area contributed by atoms with Gasteiger partial charge >= 0.3 is 0 Å². The van der Waals surface area contributed by atoms with E-state index in [1.54, 1.807) is 14.2 Å². The smallest absolute Gasteiger partial charge is 0.102 e. The van der Waals surface area contributed by atoms with Crippen LogP contribution in [0.1, 0.15) is 20.3 Å². The lowest BCUT2D eigenvalue weighted by Gasteiger charge is -2.19. The number of ether oxygens (including phenoxy) is 2. The minimum Gasteiger partial charge on any atom is -0.379 e. The van der Waals surface area contributed by atoms with Crippen molar-refractivity contribution in [3.05, 3.63) is 0 Å². The molecule has 3 nitrogen and oxygen atoms in total. The average molecular weight is 173 g/mol. The van der Waals surface area contributed by atoms with E-state index in [9.17, 15) is 0 Å². The van der Waals surface area contributed by atoms with Crippen LogP contribution in [0.4, 0.5) is 0 Å². The zero-order chi connectivity index (χ0) is 9.40. The van der Waals surface area contributed by atoms with Crippen LogP contribution in [0.2, 0.25) is 0 Å². The van der Waals surface area contributed by atoms with Crippen LogP contribution in [0.25, 0.3) is 0 Å². The molecule has 0 aromatic heterocycles. The average Bonchev–Trinajstić information content (AvgIpc) is 2.11. The molecule has 0 aliphatic heterocycles. The SMILES string of the molecule is CCC=NCC(OC)C(C)OC. The van der Waals surface area contributed by atoms with E-state index in [0.29, 0.717) is 6.54 Å². The molecule has 12 heavy (non-hydrogen) atoms. The van der Waals surface area contributed by atoms with E-state index in [-0.39, 0.29) is 12.2 Å². The fraction of sp³-hybridized carbons (Fsp3) is 0.889. The molecule has 0 rings (SSSR count). The van der Waals surface area contributed by atoms with Gasteiger partial charge in [-0.25, -0.2) is 0 Å². The van der Waals surface area contributed by atoms with Crippen LogP contribution < -0.4 is 0 Å². The van der Waals surface area contributed by atoms with Crippen molar-refractivity contribution in [2.45, 2.75) is 32.5 Å². The summed E-state index contributed by atoms with van der Waals surface area (Å²) < 4.78 is 10.3. The van der Waals surface area contributed by atoms with Crippen LogP contribution in [0.5, 0.6) is 0 Å². The van der Waals surface area contributed by atoms with Crippen LogP contribution in [0.3, 0.4) is 0 Å². The summed E-state index contributed by atoms with van der Waals surface area (Å²) in [6.07, 6.45) is 3.04. The van der Waals surface area contributed by atoms with Crippen molar-refractivity contribution in [1.29, 1.82) is 0 Å². The van der Waals surface area contributed by atoms with E-state index in [4.69, 9.17) is 9.47 Å². The second-order valence-corrected chi connectivity index (χ2v) is 2.67. The molecule has 0 saturated heterocycles. The van der Waals surface area contributed by atoms with Crippen molar-refractivity contribution in [1.82, 2.24) is 0 Å². The van der Waals surface area contributed by atoms with Crippen molar-refractivity contribution >= 4 is 6.21 Å². The first-order chi connectivity index (χ1) is 5.76. The van der Waals surface area contributed by atoms with Gasteiger partial charge in [0.05, 0.1) is 12.6 Å². The summed E-state index contributed by atoms with van der Waals surface area (Å²) in [6, 6.07) is 0. The van der Waals surface area contributed by atoms with E-state index in [1.807, 2.05) is 13.1 Å². The van der Waals surface area contributed by atoms with Gasteiger partial charge < -0.3 is 9.47 Å². The zero-order valence-corrected chi connectivity index (χ0v) is 8.41. The largest absolute Gasteiger partial charge is 0.379 e. The maximum atomic E-state index is 5.21. The summed E-state index contributed by atoms with van der Waals surface area (Å²) in [5, 5.41) is 0. The standard InChI is InChI=1S/C9H19NO2/c1-5-6-10-7-9(12-4)8(2)11-3/h6,8-9H,5,7H2,1-4H3. The maximum absolute atomic E-state index is 5.21. The first-order valence-corrected chi connectivity index (χ1v) is 4.30. The van der Waals surface area contributed by atoms with E-state index >= 15 is 0 Å². The zero-order valence-electron chi connectivity index (χ0n) is 8.41. The fourth-order valence-corrected chi connectivity index (χ4v) is 0.874. The molecule has 0 aliphatic rings. The summed E-state index contributed by atoms with van der Waals surface area (Å²) in [7, 11) is 3.36. The van der Waals surface area contributed by atoms with Crippen molar-refractivity contribution in [3.63, 3.8) is 0 Å². The van der Waals surface area contributed by atoms with Gasteiger partial charge in [-0.05, 0) is 19.6 Å². The number of hydrogen-bond donors (Lipinski definition) is 0.